The summed E-state index contributed by atoms with van der Waals surface area (Å²) in [5, 5.41) is 25.9. The number of benzene rings is 6. The first-order valence-electron chi connectivity index (χ1n) is 22.7. The number of alkyl halides is 6. The minimum Gasteiger partial charge on any atom is -0.367 e. The molecule has 12 nitrogen and oxygen atoms in total. The summed E-state index contributed by atoms with van der Waals surface area (Å²) in [6.07, 6.45) is -7.89. The first kappa shape index (κ1) is 50.2. The van der Waals surface area contributed by atoms with E-state index in [1.165, 1.54) is 29.1 Å². The van der Waals surface area contributed by atoms with Crippen LogP contribution >= 0.6 is 11.8 Å². The van der Waals surface area contributed by atoms with Crippen LogP contribution in [-0.4, -0.2) is 83.0 Å². The lowest BCUT2D eigenvalue weighted by molar-refractivity contribution is -0.138. The van der Waals surface area contributed by atoms with Gasteiger partial charge in [-0.25, -0.2) is 8.42 Å². The molecule has 72 heavy (non-hydrogen) atoms. The zero-order valence-corrected chi connectivity index (χ0v) is 40.0. The molecule has 0 bridgehead atoms. The van der Waals surface area contributed by atoms with E-state index in [1.54, 1.807) is 4.80 Å². The Labute approximate surface area is 415 Å². The number of rotatable bonds is 16. The Morgan fingerprint density at radius 3 is 1.28 bits per heavy atom. The van der Waals surface area contributed by atoms with Crippen LogP contribution in [0.1, 0.15) is 44.5 Å². The van der Waals surface area contributed by atoms with E-state index in [4.69, 9.17) is 9.47 Å². The van der Waals surface area contributed by atoms with Gasteiger partial charge in [-0.3, -0.25) is 0 Å². The number of sulfone groups is 1. The van der Waals surface area contributed by atoms with E-state index in [-0.39, 0.29) is 30.3 Å². The van der Waals surface area contributed by atoms with Crippen molar-refractivity contribution in [2.45, 2.75) is 62.7 Å². The van der Waals surface area contributed by atoms with Crippen molar-refractivity contribution in [2.24, 2.45) is 0 Å². The molecule has 2 aliphatic rings. The SMILES string of the molecule is FC(F)(F)c1ccc(Cc2ccccc2-c2nnn(CC3(OCc4ccccc4)CSC3)n2)cc1.O=S1(=O)CC(Cn2nnc(-c3ccccc3Cc3ccc(C(F)(F)F)cc3)n2)(OCc2ccccc2)C1. The van der Waals surface area contributed by atoms with Crippen molar-refractivity contribution in [3.05, 3.63) is 202 Å². The third-order valence-electron chi connectivity index (χ3n) is 12.1. The minimum absolute atomic E-state index is 0.118. The second-order valence-electron chi connectivity index (χ2n) is 17.8. The molecule has 2 fully saturated rings. The molecule has 6 aromatic carbocycles. The lowest BCUT2D eigenvalue weighted by atomic mass is 9.98. The van der Waals surface area contributed by atoms with E-state index in [9.17, 15) is 34.8 Å². The smallest absolute Gasteiger partial charge is 0.367 e. The highest BCUT2D eigenvalue weighted by atomic mass is 32.2. The third kappa shape index (κ3) is 12.6. The maximum Gasteiger partial charge on any atom is 0.416 e. The van der Waals surface area contributed by atoms with Gasteiger partial charge in [0.1, 0.15) is 11.2 Å². The number of hydrogen-bond donors (Lipinski definition) is 0. The molecule has 2 saturated heterocycles. The predicted octanol–water partition coefficient (Wildman–Crippen LogP) is 9.99. The number of aromatic nitrogens is 8. The van der Waals surface area contributed by atoms with E-state index in [0.717, 1.165) is 69.2 Å². The van der Waals surface area contributed by atoms with Gasteiger partial charge in [0.05, 0.1) is 48.9 Å². The first-order valence-corrected chi connectivity index (χ1v) is 25.7. The molecule has 0 spiro atoms. The molecule has 0 amide bonds. The van der Waals surface area contributed by atoms with Crippen molar-refractivity contribution in [3.8, 4) is 22.8 Å². The zero-order valence-electron chi connectivity index (χ0n) is 38.4. The van der Waals surface area contributed by atoms with Gasteiger partial charge in [-0.15, -0.1) is 20.4 Å². The molecule has 4 heterocycles. The average molecular weight is 1030 g/mol. The number of nitrogens with zero attached hydrogens (tertiary/aromatic N) is 8. The summed E-state index contributed by atoms with van der Waals surface area (Å²) in [5.41, 5.74) is 4.12. The summed E-state index contributed by atoms with van der Waals surface area (Å²) < 4.78 is 114. The van der Waals surface area contributed by atoms with Gasteiger partial charge in [-0.05, 0) is 80.9 Å². The van der Waals surface area contributed by atoms with Crippen molar-refractivity contribution >= 4 is 21.6 Å². The van der Waals surface area contributed by atoms with E-state index in [0.29, 0.717) is 48.8 Å². The maximum absolute atomic E-state index is 12.9. The molecule has 8 aromatic rings. The summed E-state index contributed by atoms with van der Waals surface area (Å²) in [6.45, 7) is 1.40. The zero-order chi connectivity index (χ0) is 50.4. The van der Waals surface area contributed by atoms with Crippen LogP contribution in [0, 0.1) is 0 Å². The third-order valence-corrected chi connectivity index (χ3v) is 15.5. The van der Waals surface area contributed by atoms with E-state index >= 15 is 0 Å². The van der Waals surface area contributed by atoms with Gasteiger partial charge in [0, 0.05) is 22.6 Å². The number of halogens is 6. The Balaban J connectivity index is 0.000000178. The van der Waals surface area contributed by atoms with Crippen molar-refractivity contribution in [3.63, 3.8) is 0 Å². The van der Waals surface area contributed by atoms with E-state index < -0.39 is 38.9 Å². The molecule has 2 aromatic heterocycles. The van der Waals surface area contributed by atoms with Crippen LogP contribution in [0.4, 0.5) is 26.3 Å². The highest BCUT2D eigenvalue weighted by molar-refractivity contribution is 8.00. The summed E-state index contributed by atoms with van der Waals surface area (Å²) in [7, 11) is -3.20. The van der Waals surface area contributed by atoms with Crippen LogP contribution in [0.3, 0.4) is 0 Å². The van der Waals surface area contributed by atoms with Crippen LogP contribution in [-0.2, 0) is 70.8 Å². The van der Waals surface area contributed by atoms with E-state index in [2.05, 4.69) is 30.8 Å². The Bertz CT molecular complexity index is 3180. The Morgan fingerprint density at radius 2 is 0.889 bits per heavy atom. The fourth-order valence-electron chi connectivity index (χ4n) is 8.35. The fourth-order valence-corrected chi connectivity index (χ4v) is 11.2. The van der Waals surface area contributed by atoms with Crippen molar-refractivity contribution in [1.82, 2.24) is 40.4 Å². The maximum atomic E-state index is 12.9. The Morgan fingerprint density at radius 1 is 0.500 bits per heavy atom. The summed E-state index contributed by atoms with van der Waals surface area (Å²) in [6, 6.07) is 44.7. The topological polar surface area (TPSA) is 140 Å². The molecule has 2 aliphatic heterocycles. The molecule has 10 rings (SSSR count). The molecule has 20 heteroatoms. The van der Waals surface area contributed by atoms with Crippen molar-refractivity contribution < 1.29 is 44.2 Å². The molecule has 0 saturated carbocycles. The number of ether oxygens (including phenoxy) is 2. The standard InChI is InChI=1S/C26H23F3N4O3S.C26H23F3N4OS/c27-26(28,29)22-12-10-19(11-13-22)14-21-8-4-5-9-23(21)24-30-32-33(31-24)16-25(17-37(34,35)18-25)36-15-20-6-2-1-3-7-20;27-26(28,29)22-12-10-19(11-13-22)14-21-8-4-5-9-23(21)24-30-32-33(31-24)16-25(17-35-18-25)34-15-20-6-2-1-3-7-20/h1-13H,14-18H2;1-13H,14-18H2. The second kappa shape index (κ2) is 21.2. The van der Waals surface area contributed by atoms with Gasteiger partial charge in [0.15, 0.2) is 9.84 Å². The molecule has 0 aliphatic carbocycles. The Kier molecular flexibility index (Phi) is 14.8. The van der Waals surface area contributed by atoms with Crippen molar-refractivity contribution in [2.75, 3.05) is 23.0 Å². The molecule has 0 N–H and O–H groups in total. The quantitative estimate of drug-likeness (QED) is 0.0855. The van der Waals surface area contributed by atoms with Crippen LogP contribution in [0.2, 0.25) is 0 Å². The predicted molar refractivity (Wildman–Crippen MR) is 259 cm³/mol. The molecule has 0 atom stereocenters. The molecule has 0 radical (unpaired) electrons. The molecular weight excluding hydrogens is 979 g/mol. The summed E-state index contributed by atoms with van der Waals surface area (Å²) in [5.74, 6) is 2.28. The lowest BCUT2D eigenvalue weighted by Gasteiger charge is -2.40. The van der Waals surface area contributed by atoms with Gasteiger partial charge in [0.25, 0.3) is 0 Å². The van der Waals surface area contributed by atoms with Gasteiger partial charge in [-0.1, -0.05) is 133 Å². The number of hydrogen-bond acceptors (Lipinski definition) is 11. The molecular formula is C52H46F6N8O4S2. The minimum atomic E-state index is -4.39. The van der Waals surface area contributed by atoms with Crippen molar-refractivity contribution in [1.29, 1.82) is 0 Å². The number of tetrazole rings is 2. The normalized spacial score (nSPS) is 15.7. The van der Waals surface area contributed by atoms with E-state index in [1.807, 2.05) is 121 Å². The van der Waals surface area contributed by atoms with Crippen LogP contribution in [0.25, 0.3) is 22.8 Å². The number of thioether (sulfide) groups is 1. The second-order valence-corrected chi connectivity index (χ2v) is 20.8. The Hall–Kier alpha value is -6.74. The monoisotopic (exact) mass is 1020 g/mol. The van der Waals surface area contributed by atoms with Gasteiger partial charge < -0.3 is 9.47 Å². The average Bonchev–Trinajstić information content (AvgIpc) is 4.02. The summed E-state index contributed by atoms with van der Waals surface area (Å²) in [4.78, 5) is 2.92. The highest BCUT2D eigenvalue weighted by Gasteiger charge is 2.51. The van der Waals surface area contributed by atoms with Crippen LogP contribution in [0.5, 0.6) is 0 Å². The largest absolute Gasteiger partial charge is 0.416 e. The molecule has 372 valence electrons. The fraction of sp³-hybridized carbons (Fsp3) is 0.269. The van der Waals surface area contributed by atoms with Gasteiger partial charge >= 0.3 is 12.4 Å². The summed E-state index contributed by atoms with van der Waals surface area (Å²) >= 11 is 1.82. The van der Waals surface area contributed by atoms with Gasteiger partial charge in [0.2, 0.25) is 11.6 Å². The van der Waals surface area contributed by atoms with Gasteiger partial charge in [-0.2, -0.15) is 47.7 Å². The molecule has 0 unspecified atom stereocenters. The first-order chi connectivity index (χ1) is 34.5. The van der Waals surface area contributed by atoms with Crippen LogP contribution < -0.4 is 0 Å². The highest BCUT2D eigenvalue weighted by Crippen LogP contribution is 2.36. The van der Waals surface area contributed by atoms with Crippen LogP contribution in [0.15, 0.2) is 158 Å². The lowest BCUT2D eigenvalue weighted by Crippen LogP contribution is -2.59.